The molecule has 0 aliphatic heterocycles. The van der Waals surface area contributed by atoms with E-state index in [2.05, 4.69) is 6.92 Å². The molecule has 25 heavy (non-hydrogen) atoms. The molecule has 0 saturated heterocycles. The maximum absolute atomic E-state index is 10.9. The zero-order valence-electron chi connectivity index (χ0n) is 13.9. The number of aromatic nitrogens is 2. The van der Waals surface area contributed by atoms with Crippen molar-refractivity contribution in [3.05, 3.63) is 90.5 Å². The third kappa shape index (κ3) is 2.81. The first-order valence-electron chi connectivity index (χ1n) is 8.24. The van der Waals surface area contributed by atoms with Crippen molar-refractivity contribution < 1.29 is 5.11 Å². The van der Waals surface area contributed by atoms with E-state index in [1.807, 2.05) is 89.6 Å². The lowest BCUT2D eigenvalue weighted by atomic mass is 10.1. The predicted octanol–water partition coefficient (Wildman–Crippen LogP) is 5.22. The minimum absolute atomic E-state index is 0.193. The van der Waals surface area contributed by atoms with E-state index >= 15 is 0 Å². The molecule has 0 atom stereocenters. The largest absolute Gasteiger partial charge is 0.504 e. The van der Waals surface area contributed by atoms with E-state index in [1.54, 1.807) is 0 Å². The van der Waals surface area contributed by atoms with Gasteiger partial charge in [0, 0.05) is 11.1 Å². The van der Waals surface area contributed by atoms with Crippen molar-refractivity contribution in [1.82, 2.24) is 9.78 Å². The lowest BCUT2D eigenvalue weighted by Crippen LogP contribution is -1.99. The highest BCUT2D eigenvalue weighted by atomic mass is 16.3. The van der Waals surface area contributed by atoms with Crippen LogP contribution in [0.4, 0.5) is 0 Å². The van der Waals surface area contributed by atoms with Crippen LogP contribution in [0.1, 0.15) is 5.56 Å². The van der Waals surface area contributed by atoms with E-state index < -0.39 is 0 Å². The molecule has 1 heterocycles. The van der Waals surface area contributed by atoms with Gasteiger partial charge in [-0.1, -0.05) is 78.4 Å². The quantitative estimate of drug-likeness (QED) is 0.560. The fourth-order valence-electron chi connectivity index (χ4n) is 2.93. The summed E-state index contributed by atoms with van der Waals surface area (Å²) in [5.41, 5.74) is 5.20. The number of aryl methyl sites for hydroxylation is 1. The van der Waals surface area contributed by atoms with Crippen LogP contribution in [-0.2, 0) is 0 Å². The Kier molecular flexibility index (Phi) is 3.82. The highest BCUT2D eigenvalue weighted by molar-refractivity contribution is 5.79. The Balaban J connectivity index is 1.97. The summed E-state index contributed by atoms with van der Waals surface area (Å²) in [5.74, 6) is 0.193. The van der Waals surface area contributed by atoms with E-state index in [0.717, 1.165) is 16.8 Å². The average molecular weight is 326 g/mol. The normalized spacial score (nSPS) is 10.8. The fraction of sp³-hybridized carbons (Fsp3) is 0.0455. The third-order valence-electron chi connectivity index (χ3n) is 4.23. The van der Waals surface area contributed by atoms with E-state index in [1.165, 1.54) is 5.56 Å². The van der Waals surface area contributed by atoms with Gasteiger partial charge in [-0.25, -0.2) is 4.68 Å². The second kappa shape index (κ2) is 6.29. The summed E-state index contributed by atoms with van der Waals surface area (Å²) in [6, 6.07) is 27.7. The summed E-state index contributed by atoms with van der Waals surface area (Å²) < 4.78 is 1.81. The molecular weight excluding hydrogens is 308 g/mol. The van der Waals surface area contributed by atoms with Crippen LogP contribution in [0.3, 0.4) is 0 Å². The number of hydrogen-bond acceptors (Lipinski definition) is 2. The van der Waals surface area contributed by atoms with Gasteiger partial charge in [-0.05, 0) is 19.1 Å². The number of nitrogens with zero attached hydrogens (tertiary/aromatic N) is 2. The molecule has 0 aliphatic carbocycles. The summed E-state index contributed by atoms with van der Waals surface area (Å²) >= 11 is 0. The second-order valence-electron chi connectivity index (χ2n) is 6.03. The summed E-state index contributed by atoms with van der Waals surface area (Å²) in [7, 11) is 0. The Morgan fingerprint density at radius 3 is 1.88 bits per heavy atom. The Bertz CT molecular complexity index is 988. The summed E-state index contributed by atoms with van der Waals surface area (Å²) in [4.78, 5) is 0. The SMILES string of the molecule is Cc1ccc(-n2nc(-c3ccccc3)c(O)c2-c2ccccc2)cc1. The zero-order valence-corrected chi connectivity index (χ0v) is 13.9. The molecular formula is C22H18N2O. The van der Waals surface area contributed by atoms with Crippen molar-refractivity contribution in [2.45, 2.75) is 6.92 Å². The lowest BCUT2D eigenvalue weighted by Gasteiger charge is -2.08. The van der Waals surface area contributed by atoms with E-state index in [9.17, 15) is 5.11 Å². The van der Waals surface area contributed by atoms with E-state index in [4.69, 9.17) is 5.10 Å². The van der Waals surface area contributed by atoms with Crippen LogP contribution in [0.25, 0.3) is 28.2 Å². The molecule has 1 aromatic heterocycles. The molecule has 0 fully saturated rings. The average Bonchev–Trinajstić information content (AvgIpc) is 3.01. The molecule has 0 saturated carbocycles. The lowest BCUT2D eigenvalue weighted by molar-refractivity contribution is 0.479. The molecule has 4 rings (SSSR count). The van der Waals surface area contributed by atoms with Crippen molar-refractivity contribution in [1.29, 1.82) is 0 Å². The maximum atomic E-state index is 10.9. The fourth-order valence-corrected chi connectivity index (χ4v) is 2.93. The second-order valence-corrected chi connectivity index (χ2v) is 6.03. The van der Waals surface area contributed by atoms with Gasteiger partial charge in [0.2, 0.25) is 0 Å². The van der Waals surface area contributed by atoms with Crippen molar-refractivity contribution in [2.75, 3.05) is 0 Å². The highest BCUT2D eigenvalue weighted by Gasteiger charge is 2.20. The molecule has 0 amide bonds. The number of rotatable bonds is 3. The smallest absolute Gasteiger partial charge is 0.170 e. The Hall–Kier alpha value is -3.33. The minimum Gasteiger partial charge on any atom is -0.504 e. The standard InChI is InChI=1S/C22H18N2O/c1-16-12-14-19(15-13-16)24-21(18-10-6-3-7-11-18)22(25)20(23-24)17-8-4-2-5-9-17/h2-15,25H,1H3. The van der Waals surface area contributed by atoms with Crippen molar-refractivity contribution in [2.24, 2.45) is 0 Å². The highest BCUT2D eigenvalue weighted by Crippen LogP contribution is 2.39. The summed E-state index contributed by atoms with van der Waals surface area (Å²) in [5, 5.41) is 15.7. The molecule has 3 heteroatoms. The van der Waals surface area contributed by atoms with Crippen molar-refractivity contribution >= 4 is 0 Å². The predicted molar refractivity (Wildman–Crippen MR) is 101 cm³/mol. The van der Waals surface area contributed by atoms with Crippen LogP contribution in [0, 0.1) is 6.92 Å². The summed E-state index contributed by atoms with van der Waals surface area (Å²) in [6.45, 7) is 2.05. The van der Waals surface area contributed by atoms with Gasteiger partial charge in [0.15, 0.2) is 5.75 Å². The summed E-state index contributed by atoms with van der Waals surface area (Å²) in [6.07, 6.45) is 0. The molecule has 0 spiro atoms. The molecule has 0 unspecified atom stereocenters. The van der Waals surface area contributed by atoms with Gasteiger partial charge in [0.25, 0.3) is 0 Å². The van der Waals surface area contributed by atoms with Gasteiger partial charge >= 0.3 is 0 Å². The van der Waals surface area contributed by atoms with Crippen LogP contribution in [0.2, 0.25) is 0 Å². The van der Waals surface area contributed by atoms with Crippen LogP contribution in [-0.4, -0.2) is 14.9 Å². The molecule has 0 radical (unpaired) electrons. The van der Waals surface area contributed by atoms with Gasteiger partial charge < -0.3 is 5.11 Å². The Morgan fingerprint density at radius 2 is 1.28 bits per heavy atom. The maximum Gasteiger partial charge on any atom is 0.170 e. The minimum atomic E-state index is 0.193. The van der Waals surface area contributed by atoms with Crippen molar-refractivity contribution in [3.63, 3.8) is 0 Å². The molecule has 3 nitrogen and oxygen atoms in total. The molecule has 4 aromatic rings. The Morgan fingerprint density at radius 1 is 0.720 bits per heavy atom. The van der Waals surface area contributed by atoms with E-state index in [-0.39, 0.29) is 5.75 Å². The molecule has 122 valence electrons. The number of hydrogen-bond donors (Lipinski definition) is 1. The van der Waals surface area contributed by atoms with Crippen LogP contribution < -0.4 is 0 Å². The first-order valence-corrected chi connectivity index (χ1v) is 8.24. The molecule has 0 bridgehead atoms. The van der Waals surface area contributed by atoms with Gasteiger partial charge in [0.05, 0.1) is 5.69 Å². The zero-order chi connectivity index (χ0) is 17.2. The monoisotopic (exact) mass is 326 g/mol. The first-order chi connectivity index (χ1) is 12.2. The topological polar surface area (TPSA) is 38.0 Å². The van der Waals surface area contributed by atoms with Crippen molar-refractivity contribution in [3.8, 4) is 34.0 Å². The number of benzene rings is 3. The molecule has 3 aromatic carbocycles. The van der Waals surface area contributed by atoms with Gasteiger partial charge in [-0.15, -0.1) is 0 Å². The van der Waals surface area contributed by atoms with Gasteiger partial charge in [0.1, 0.15) is 11.4 Å². The Labute approximate surface area is 146 Å². The van der Waals surface area contributed by atoms with Gasteiger partial charge in [-0.3, -0.25) is 0 Å². The van der Waals surface area contributed by atoms with Crippen LogP contribution in [0.15, 0.2) is 84.9 Å². The number of aromatic hydroxyl groups is 1. The van der Waals surface area contributed by atoms with E-state index in [0.29, 0.717) is 11.4 Å². The first kappa shape index (κ1) is 15.2. The van der Waals surface area contributed by atoms with Crippen LogP contribution in [0.5, 0.6) is 5.75 Å². The third-order valence-corrected chi connectivity index (χ3v) is 4.23. The van der Waals surface area contributed by atoms with Crippen LogP contribution >= 0.6 is 0 Å². The molecule has 1 N–H and O–H groups in total. The molecule has 0 aliphatic rings. The van der Waals surface area contributed by atoms with Gasteiger partial charge in [-0.2, -0.15) is 5.10 Å².